The Morgan fingerprint density at radius 3 is 3.00 bits per heavy atom. The molecule has 100 valence electrons. The Kier molecular flexibility index (Phi) is 4.40. The van der Waals surface area contributed by atoms with Gasteiger partial charge in [0.2, 0.25) is 0 Å². The molecule has 0 amide bonds. The van der Waals surface area contributed by atoms with Crippen molar-refractivity contribution in [3.8, 4) is 5.75 Å². The van der Waals surface area contributed by atoms with Crippen molar-refractivity contribution in [3.63, 3.8) is 0 Å². The zero-order valence-electron chi connectivity index (χ0n) is 10.2. The third-order valence-corrected chi connectivity index (χ3v) is 3.16. The van der Waals surface area contributed by atoms with Crippen molar-refractivity contribution in [2.24, 2.45) is 0 Å². The minimum Gasteiger partial charge on any atom is -0.491 e. The van der Waals surface area contributed by atoms with Gasteiger partial charge in [0.25, 0.3) is 0 Å². The molecular weight excluding hydrogens is 258 g/mol. The number of halogens is 1. The van der Waals surface area contributed by atoms with Gasteiger partial charge in [0.15, 0.2) is 0 Å². The number of aliphatic hydroxyl groups excluding tert-OH is 1. The maximum Gasteiger partial charge on any atom is 0.135 e. The Bertz CT molecular complexity index is 407. The predicted molar refractivity (Wildman–Crippen MR) is 66.0 cm³/mol. The Balaban J connectivity index is 2.28. The highest BCUT2D eigenvalue weighted by Gasteiger charge is 2.38. The molecule has 2 heterocycles. The summed E-state index contributed by atoms with van der Waals surface area (Å²) in [6, 6.07) is 3.39. The Morgan fingerprint density at radius 2 is 2.39 bits per heavy atom. The van der Waals surface area contributed by atoms with Crippen molar-refractivity contribution < 1.29 is 19.3 Å². The molecule has 6 heteroatoms. The number of hydrogen-bond acceptors (Lipinski definition) is 5. The molecule has 0 aromatic carbocycles. The van der Waals surface area contributed by atoms with Gasteiger partial charge in [0.05, 0.1) is 18.9 Å². The highest BCUT2D eigenvalue weighted by molar-refractivity contribution is 6.29. The monoisotopic (exact) mass is 273 g/mol. The summed E-state index contributed by atoms with van der Waals surface area (Å²) in [7, 11) is 1.63. The first-order valence-corrected chi connectivity index (χ1v) is 6.12. The van der Waals surface area contributed by atoms with Crippen LogP contribution >= 0.6 is 11.6 Å². The lowest BCUT2D eigenvalue weighted by molar-refractivity contribution is -0.0247. The van der Waals surface area contributed by atoms with Gasteiger partial charge < -0.3 is 19.3 Å². The predicted octanol–water partition coefficient (Wildman–Crippen LogP) is 1.37. The minimum absolute atomic E-state index is 0.0478. The molecule has 1 N–H and O–H groups in total. The fraction of sp³-hybridized carbons (Fsp3) is 0.583. The van der Waals surface area contributed by atoms with Gasteiger partial charge in [0, 0.05) is 32.3 Å². The lowest BCUT2D eigenvalue weighted by Gasteiger charge is -2.25. The normalized spacial score (nSPS) is 23.3. The number of nitrogens with zero attached hydrogens (tertiary/aromatic N) is 1. The van der Waals surface area contributed by atoms with E-state index >= 15 is 0 Å². The van der Waals surface area contributed by atoms with Crippen LogP contribution in [-0.4, -0.2) is 43.6 Å². The summed E-state index contributed by atoms with van der Waals surface area (Å²) in [6.45, 7) is 1.26. The zero-order valence-corrected chi connectivity index (χ0v) is 10.9. The van der Waals surface area contributed by atoms with Crippen molar-refractivity contribution in [1.29, 1.82) is 0 Å². The van der Waals surface area contributed by atoms with Crippen LogP contribution in [0.15, 0.2) is 12.1 Å². The molecule has 18 heavy (non-hydrogen) atoms. The van der Waals surface area contributed by atoms with E-state index in [1.165, 1.54) is 0 Å². The summed E-state index contributed by atoms with van der Waals surface area (Å²) in [5.41, 5.74) is 0.144. The second-order valence-electron chi connectivity index (χ2n) is 4.08. The van der Waals surface area contributed by atoms with Crippen LogP contribution in [0, 0.1) is 0 Å². The molecule has 5 nitrogen and oxygen atoms in total. The van der Waals surface area contributed by atoms with Crippen molar-refractivity contribution >= 4 is 11.6 Å². The molecule has 1 atom stereocenters. The van der Waals surface area contributed by atoms with Gasteiger partial charge in [-0.05, 0) is 0 Å². The SMILES string of the molecule is CO[C@@]1(c2cc(OCCO)cc(Cl)n2)CCOC1. The molecule has 0 bridgehead atoms. The maximum absolute atomic E-state index is 8.76. The van der Waals surface area contributed by atoms with Crippen LogP contribution in [0.2, 0.25) is 5.15 Å². The number of hydrogen-bond donors (Lipinski definition) is 1. The summed E-state index contributed by atoms with van der Waals surface area (Å²) in [6.07, 6.45) is 0.732. The molecule has 1 fully saturated rings. The smallest absolute Gasteiger partial charge is 0.135 e. The van der Waals surface area contributed by atoms with E-state index in [2.05, 4.69) is 4.98 Å². The largest absolute Gasteiger partial charge is 0.491 e. The zero-order chi connectivity index (χ0) is 13.0. The van der Waals surface area contributed by atoms with Gasteiger partial charge >= 0.3 is 0 Å². The molecular formula is C12H16ClNO4. The van der Waals surface area contributed by atoms with Crippen molar-refractivity contribution in [2.45, 2.75) is 12.0 Å². The fourth-order valence-corrected chi connectivity index (χ4v) is 2.17. The molecule has 1 aromatic heterocycles. The van der Waals surface area contributed by atoms with Gasteiger partial charge in [0.1, 0.15) is 23.1 Å². The van der Waals surface area contributed by atoms with Crippen LogP contribution in [0.1, 0.15) is 12.1 Å². The molecule has 2 rings (SSSR count). The number of rotatable bonds is 5. The van der Waals surface area contributed by atoms with Crippen molar-refractivity contribution in [3.05, 3.63) is 23.0 Å². The number of aromatic nitrogens is 1. The third kappa shape index (κ3) is 2.75. The van der Waals surface area contributed by atoms with E-state index in [4.69, 9.17) is 30.9 Å². The summed E-state index contributed by atoms with van der Waals surface area (Å²) in [4.78, 5) is 4.28. The fourth-order valence-electron chi connectivity index (χ4n) is 1.97. The summed E-state index contributed by atoms with van der Waals surface area (Å²) in [5, 5.41) is 9.09. The van der Waals surface area contributed by atoms with Gasteiger partial charge in [-0.3, -0.25) is 0 Å². The third-order valence-electron chi connectivity index (χ3n) is 2.97. The van der Waals surface area contributed by atoms with Crippen LogP contribution in [0.5, 0.6) is 5.75 Å². The van der Waals surface area contributed by atoms with E-state index in [9.17, 15) is 0 Å². The summed E-state index contributed by atoms with van der Waals surface area (Å²) in [5.74, 6) is 0.572. The molecule has 1 saturated heterocycles. The molecule has 0 saturated carbocycles. The van der Waals surface area contributed by atoms with E-state index in [0.29, 0.717) is 29.8 Å². The number of ether oxygens (including phenoxy) is 3. The van der Waals surface area contributed by atoms with Crippen LogP contribution in [0.4, 0.5) is 0 Å². The first-order valence-electron chi connectivity index (χ1n) is 5.75. The Hall–Kier alpha value is -0.880. The lowest BCUT2D eigenvalue weighted by Crippen LogP contribution is -2.30. The average molecular weight is 274 g/mol. The van der Waals surface area contributed by atoms with Gasteiger partial charge in [-0.15, -0.1) is 0 Å². The number of methoxy groups -OCH3 is 1. The minimum atomic E-state index is -0.553. The molecule has 1 aliphatic heterocycles. The molecule has 0 aliphatic carbocycles. The van der Waals surface area contributed by atoms with Crippen LogP contribution in [0.25, 0.3) is 0 Å². The highest BCUT2D eigenvalue weighted by atomic mass is 35.5. The Morgan fingerprint density at radius 1 is 1.56 bits per heavy atom. The van der Waals surface area contributed by atoms with Crippen LogP contribution in [-0.2, 0) is 15.1 Å². The quantitative estimate of drug-likeness (QED) is 0.821. The van der Waals surface area contributed by atoms with Crippen LogP contribution < -0.4 is 4.74 Å². The second-order valence-corrected chi connectivity index (χ2v) is 4.47. The van der Waals surface area contributed by atoms with Crippen LogP contribution in [0.3, 0.4) is 0 Å². The lowest BCUT2D eigenvalue weighted by atomic mass is 9.98. The molecule has 0 unspecified atom stereocenters. The number of aliphatic hydroxyl groups is 1. The molecule has 0 spiro atoms. The number of pyridine rings is 1. The van der Waals surface area contributed by atoms with Gasteiger partial charge in [-0.1, -0.05) is 11.6 Å². The first-order chi connectivity index (χ1) is 8.70. The van der Waals surface area contributed by atoms with E-state index in [1.807, 2.05) is 0 Å². The van der Waals surface area contributed by atoms with Crippen molar-refractivity contribution in [1.82, 2.24) is 4.98 Å². The second kappa shape index (κ2) is 5.84. The van der Waals surface area contributed by atoms with E-state index in [-0.39, 0.29) is 13.2 Å². The maximum atomic E-state index is 8.76. The molecule has 0 radical (unpaired) electrons. The summed E-state index contributed by atoms with van der Waals surface area (Å²) < 4.78 is 16.3. The Labute approximate surface area is 111 Å². The average Bonchev–Trinajstić information content (AvgIpc) is 2.85. The molecule has 1 aromatic rings. The summed E-state index contributed by atoms with van der Waals surface area (Å²) >= 11 is 5.98. The van der Waals surface area contributed by atoms with E-state index in [1.54, 1.807) is 19.2 Å². The van der Waals surface area contributed by atoms with E-state index in [0.717, 1.165) is 6.42 Å². The van der Waals surface area contributed by atoms with Gasteiger partial charge in [-0.25, -0.2) is 4.98 Å². The first kappa shape index (κ1) is 13.5. The highest BCUT2D eigenvalue weighted by Crippen LogP contribution is 2.35. The topological polar surface area (TPSA) is 60.8 Å². The van der Waals surface area contributed by atoms with E-state index < -0.39 is 5.60 Å². The standard InChI is InChI=1S/C12H16ClNO4/c1-16-12(2-4-17-8-12)10-6-9(18-5-3-15)7-11(13)14-10/h6-7,15H,2-5,8H2,1H3/t12-/m0/s1. The van der Waals surface area contributed by atoms with Gasteiger partial charge in [-0.2, -0.15) is 0 Å². The van der Waals surface area contributed by atoms with Crippen molar-refractivity contribution in [2.75, 3.05) is 33.5 Å². The molecule has 1 aliphatic rings.